The molecule has 1 aliphatic rings. The van der Waals surface area contributed by atoms with Crippen molar-refractivity contribution in [3.8, 4) is 0 Å². The molecule has 0 saturated heterocycles. The zero-order valence-corrected chi connectivity index (χ0v) is 13.3. The second-order valence-corrected chi connectivity index (χ2v) is 6.68. The van der Waals surface area contributed by atoms with E-state index in [0.717, 1.165) is 18.4 Å². The van der Waals surface area contributed by atoms with E-state index in [0.29, 0.717) is 5.92 Å². The molecule has 1 aromatic heterocycles. The summed E-state index contributed by atoms with van der Waals surface area (Å²) in [4.78, 5) is 17.6. The maximum Gasteiger partial charge on any atom is 0.410 e. The lowest BCUT2D eigenvalue weighted by atomic mass is 10.1. The predicted octanol–water partition coefficient (Wildman–Crippen LogP) is 4.03. The molecule has 1 saturated carbocycles. The topological polar surface area (TPSA) is 42.4 Å². The van der Waals surface area contributed by atoms with Crippen LogP contribution in [0.2, 0.25) is 0 Å². The molecule has 21 heavy (non-hydrogen) atoms. The van der Waals surface area contributed by atoms with E-state index >= 15 is 0 Å². The van der Waals surface area contributed by atoms with Crippen LogP contribution in [0.15, 0.2) is 12.3 Å². The van der Waals surface area contributed by atoms with Crippen molar-refractivity contribution in [2.24, 2.45) is 0 Å². The Morgan fingerprint density at radius 1 is 1.48 bits per heavy atom. The van der Waals surface area contributed by atoms with Crippen LogP contribution in [0.1, 0.15) is 63.8 Å². The molecular formula is C16H23FN2O2. The van der Waals surface area contributed by atoms with Crippen LogP contribution in [-0.4, -0.2) is 28.6 Å². The molecule has 0 aliphatic heterocycles. The molecule has 1 aliphatic carbocycles. The predicted molar refractivity (Wildman–Crippen MR) is 78.6 cm³/mol. The fourth-order valence-electron chi connectivity index (χ4n) is 2.09. The first-order valence-electron chi connectivity index (χ1n) is 7.30. The third-order valence-electron chi connectivity index (χ3n) is 3.60. The number of pyridine rings is 1. The summed E-state index contributed by atoms with van der Waals surface area (Å²) >= 11 is 0. The average Bonchev–Trinajstić information content (AvgIpc) is 3.19. The molecule has 0 radical (unpaired) electrons. The van der Waals surface area contributed by atoms with Gasteiger partial charge in [0.25, 0.3) is 0 Å². The largest absolute Gasteiger partial charge is 0.444 e. The number of nitrogens with zero attached hydrogens (tertiary/aromatic N) is 2. The van der Waals surface area contributed by atoms with E-state index in [2.05, 4.69) is 4.98 Å². The van der Waals surface area contributed by atoms with Crippen LogP contribution in [0.3, 0.4) is 0 Å². The summed E-state index contributed by atoms with van der Waals surface area (Å²) in [6.07, 6.45) is 3.44. The second-order valence-electron chi connectivity index (χ2n) is 6.68. The molecule has 2 rings (SSSR count). The SMILES string of the molecule is CC(c1ncc(C2CC2)cc1F)N(C)C(=O)OC(C)(C)C. The van der Waals surface area contributed by atoms with Crippen molar-refractivity contribution in [3.05, 3.63) is 29.3 Å². The fraction of sp³-hybridized carbons (Fsp3) is 0.625. The Kier molecular flexibility index (Phi) is 4.21. The van der Waals surface area contributed by atoms with Gasteiger partial charge in [-0.05, 0) is 58.1 Å². The smallest absolute Gasteiger partial charge is 0.410 e. The summed E-state index contributed by atoms with van der Waals surface area (Å²) in [5, 5.41) is 0. The Hall–Kier alpha value is -1.65. The van der Waals surface area contributed by atoms with Crippen LogP contribution in [0.5, 0.6) is 0 Å². The van der Waals surface area contributed by atoms with Gasteiger partial charge in [-0.15, -0.1) is 0 Å². The number of ether oxygens (including phenoxy) is 1. The zero-order chi connectivity index (χ0) is 15.8. The number of amides is 1. The highest BCUT2D eigenvalue weighted by Crippen LogP contribution is 2.40. The van der Waals surface area contributed by atoms with Gasteiger partial charge in [-0.2, -0.15) is 0 Å². The maximum absolute atomic E-state index is 14.2. The molecule has 1 fully saturated rings. The van der Waals surface area contributed by atoms with Crippen LogP contribution >= 0.6 is 0 Å². The summed E-state index contributed by atoms with van der Waals surface area (Å²) in [5.41, 5.74) is 0.642. The van der Waals surface area contributed by atoms with E-state index in [-0.39, 0.29) is 11.5 Å². The minimum absolute atomic E-state index is 0.271. The van der Waals surface area contributed by atoms with Gasteiger partial charge < -0.3 is 9.64 Å². The summed E-state index contributed by atoms with van der Waals surface area (Å²) < 4.78 is 19.5. The highest BCUT2D eigenvalue weighted by Gasteiger charge is 2.28. The Labute approximate surface area is 125 Å². The lowest BCUT2D eigenvalue weighted by molar-refractivity contribution is 0.0228. The Balaban J connectivity index is 2.11. The van der Waals surface area contributed by atoms with Crippen LogP contribution in [0.25, 0.3) is 0 Å². The van der Waals surface area contributed by atoms with Crippen molar-refractivity contribution in [2.75, 3.05) is 7.05 Å². The third-order valence-corrected chi connectivity index (χ3v) is 3.60. The van der Waals surface area contributed by atoms with Gasteiger partial charge in [-0.3, -0.25) is 4.98 Å². The van der Waals surface area contributed by atoms with Crippen molar-refractivity contribution < 1.29 is 13.9 Å². The second kappa shape index (κ2) is 5.62. The van der Waals surface area contributed by atoms with E-state index in [1.165, 1.54) is 4.90 Å². The van der Waals surface area contributed by atoms with Crippen molar-refractivity contribution in [1.82, 2.24) is 9.88 Å². The number of hydrogen-bond donors (Lipinski definition) is 0. The summed E-state index contributed by atoms with van der Waals surface area (Å²) in [5.74, 6) is 0.0993. The molecule has 4 nitrogen and oxygen atoms in total. The van der Waals surface area contributed by atoms with Crippen LogP contribution in [0, 0.1) is 5.82 Å². The fourth-order valence-corrected chi connectivity index (χ4v) is 2.09. The molecule has 0 bridgehead atoms. The van der Waals surface area contributed by atoms with Crippen LogP contribution in [-0.2, 0) is 4.74 Å². The van der Waals surface area contributed by atoms with Gasteiger partial charge in [0, 0.05) is 13.2 Å². The Morgan fingerprint density at radius 3 is 2.57 bits per heavy atom. The highest BCUT2D eigenvalue weighted by atomic mass is 19.1. The quantitative estimate of drug-likeness (QED) is 0.845. The van der Waals surface area contributed by atoms with E-state index in [9.17, 15) is 9.18 Å². The highest BCUT2D eigenvalue weighted by molar-refractivity contribution is 5.68. The first-order chi connectivity index (χ1) is 9.69. The Morgan fingerprint density at radius 2 is 2.10 bits per heavy atom. The van der Waals surface area contributed by atoms with Crippen molar-refractivity contribution >= 4 is 6.09 Å². The normalized spacial score (nSPS) is 16.5. The van der Waals surface area contributed by atoms with Gasteiger partial charge >= 0.3 is 6.09 Å². The van der Waals surface area contributed by atoms with E-state index in [1.54, 1.807) is 47.0 Å². The summed E-state index contributed by atoms with van der Waals surface area (Å²) in [6.45, 7) is 7.14. The molecule has 0 aromatic carbocycles. The minimum Gasteiger partial charge on any atom is -0.444 e. The molecule has 0 N–H and O–H groups in total. The van der Waals surface area contributed by atoms with Crippen LogP contribution in [0.4, 0.5) is 9.18 Å². The molecule has 116 valence electrons. The zero-order valence-electron chi connectivity index (χ0n) is 13.3. The third kappa shape index (κ3) is 3.93. The van der Waals surface area contributed by atoms with E-state index in [1.807, 2.05) is 0 Å². The van der Waals surface area contributed by atoms with Crippen molar-refractivity contribution in [1.29, 1.82) is 0 Å². The lowest BCUT2D eigenvalue weighted by Gasteiger charge is -2.28. The molecule has 1 atom stereocenters. The minimum atomic E-state index is -0.577. The van der Waals surface area contributed by atoms with E-state index < -0.39 is 17.7 Å². The van der Waals surface area contributed by atoms with Gasteiger partial charge in [0.05, 0.1) is 11.7 Å². The lowest BCUT2D eigenvalue weighted by Crippen LogP contribution is -2.36. The molecule has 1 unspecified atom stereocenters. The first-order valence-corrected chi connectivity index (χ1v) is 7.30. The number of aromatic nitrogens is 1. The van der Waals surface area contributed by atoms with Gasteiger partial charge in [0.15, 0.2) is 0 Å². The van der Waals surface area contributed by atoms with E-state index in [4.69, 9.17) is 4.74 Å². The average molecular weight is 294 g/mol. The number of hydrogen-bond acceptors (Lipinski definition) is 3. The molecule has 1 amide bonds. The molecule has 1 heterocycles. The maximum atomic E-state index is 14.2. The van der Waals surface area contributed by atoms with Gasteiger partial charge in [0.2, 0.25) is 0 Å². The number of carbonyl (C=O) groups excluding carboxylic acids is 1. The summed E-state index contributed by atoms with van der Waals surface area (Å²) in [6, 6.07) is 1.06. The number of rotatable bonds is 3. The van der Waals surface area contributed by atoms with Crippen molar-refractivity contribution in [3.63, 3.8) is 0 Å². The van der Waals surface area contributed by atoms with Gasteiger partial charge in [-0.25, -0.2) is 9.18 Å². The number of carbonyl (C=O) groups is 1. The Bertz CT molecular complexity index is 536. The monoisotopic (exact) mass is 294 g/mol. The molecule has 1 aromatic rings. The van der Waals surface area contributed by atoms with Gasteiger partial charge in [-0.1, -0.05) is 0 Å². The molecule has 0 spiro atoms. The molecular weight excluding hydrogens is 271 g/mol. The number of halogens is 1. The summed E-state index contributed by atoms with van der Waals surface area (Å²) in [7, 11) is 1.59. The van der Waals surface area contributed by atoms with Crippen LogP contribution < -0.4 is 0 Å². The standard InChI is InChI=1S/C16H23FN2O2/c1-10(19(5)15(20)21-16(2,3)4)14-13(17)8-12(9-18-14)11-6-7-11/h8-11H,6-7H2,1-5H3. The first kappa shape index (κ1) is 15.7. The van der Waals surface area contributed by atoms with Gasteiger partial charge in [0.1, 0.15) is 11.4 Å². The molecule has 5 heteroatoms. The van der Waals surface area contributed by atoms with Crippen molar-refractivity contribution in [2.45, 2.75) is 58.1 Å².